The summed E-state index contributed by atoms with van der Waals surface area (Å²) in [5, 5.41) is 1.25. The van der Waals surface area contributed by atoms with Crippen LogP contribution in [-0.4, -0.2) is 8.07 Å². The second kappa shape index (κ2) is 2.79. The fraction of sp³-hybridized carbons (Fsp3) is 1.00. The van der Waals surface area contributed by atoms with Crippen LogP contribution in [0.4, 0.5) is 0 Å². The van der Waals surface area contributed by atoms with Gasteiger partial charge >= 0.3 is 0 Å². The van der Waals surface area contributed by atoms with Gasteiger partial charge in [0.2, 0.25) is 0 Å². The molecule has 0 N–H and O–H groups in total. The molecule has 1 saturated heterocycles. The maximum absolute atomic E-state index is 2.56. The predicted octanol–water partition coefficient (Wildman–Crippen LogP) is 5.22. The van der Waals surface area contributed by atoms with Crippen LogP contribution in [0, 0.1) is 11.8 Å². The molecule has 0 aromatic rings. The monoisotopic (exact) mass is 236 g/mol. The molecule has 0 nitrogen and oxygen atoms in total. The smallest absolute Gasteiger partial charge is 0.0625 e. The van der Waals surface area contributed by atoms with E-state index >= 15 is 0 Å². The zero-order valence-electron chi connectivity index (χ0n) is 11.9. The molecule has 1 heteroatoms. The van der Waals surface area contributed by atoms with Gasteiger partial charge in [-0.1, -0.05) is 54.4 Å². The van der Waals surface area contributed by atoms with E-state index in [0.717, 1.165) is 11.8 Å². The fourth-order valence-corrected chi connectivity index (χ4v) is 16.9. The summed E-state index contributed by atoms with van der Waals surface area (Å²) in [7, 11) is -1.07. The zero-order valence-corrected chi connectivity index (χ0v) is 12.9. The lowest BCUT2D eigenvalue weighted by atomic mass is 10.0. The van der Waals surface area contributed by atoms with E-state index in [1.165, 1.54) is 11.1 Å². The molecule has 3 rings (SSSR count). The van der Waals surface area contributed by atoms with Crippen molar-refractivity contribution in [3.63, 3.8) is 0 Å². The number of hydrogen-bond donors (Lipinski definition) is 0. The second-order valence-electron chi connectivity index (χ2n) is 8.75. The average molecular weight is 236 g/mol. The molecule has 1 heterocycles. The van der Waals surface area contributed by atoms with Crippen molar-refractivity contribution in [1.29, 1.82) is 0 Å². The SMILES string of the molecule is CC(C)(C)[Si]1(C(C)(C)C)C2C3CCC(C3)C21. The Labute approximate surface area is 102 Å². The molecule has 92 valence electrons. The van der Waals surface area contributed by atoms with Gasteiger partial charge < -0.3 is 0 Å². The van der Waals surface area contributed by atoms with E-state index in [4.69, 9.17) is 0 Å². The predicted molar refractivity (Wildman–Crippen MR) is 73.5 cm³/mol. The lowest BCUT2D eigenvalue weighted by Gasteiger charge is -2.44. The Balaban J connectivity index is 2.03. The molecule has 0 radical (unpaired) electrons. The van der Waals surface area contributed by atoms with E-state index in [9.17, 15) is 0 Å². The van der Waals surface area contributed by atoms with Crippen molar-refractivity contribution in [2.75, 3.05) is 0 Å². The van der Waals surface area contributed by atoms with Crippen LogP contribution >= 0.6 is 0 Å². The highest BCUT2D eigenvalue weighted by molar-refractivity contribution is 6.97. The van der Waals surface area contributed by atoms with E-state index in [1.807, 2.05) is 0 Å². The summed E-state index contributed by atoms with van der Waals surface area (Å²) in [4.78, 5) is 0. The second-order valence-corrected chi connectivity index (χ2v) is 14.8. The van der Waals surface area contributed by atoms with Gasteiger partial charge in [0.15, 0.2) is 0 Å². The van der Waals surface area contributed by atoms with Crippen LogP contribution in [0.3, 0.4) is 0 Å². The highest BCUT2D eigenvalue weighted by Gasteiger charge is 2.82. The van der Waals surface area contributed by atoms with Crippen LogP contribution in [0.15, 0.2) is 0 Å². The Morgan fingerprint density at radius 2 is 1.12 bits per heavy atom. The summed E-state index contributed by atoms with van der Waals surface area (Å²) in [6.45, 7) is 15.3. The number of hydrogen-bond acceptors (Lipinski definition) is 0. The normalized spacial score (nSPS) is 44.6. The van der Waals surface area contributed by atoms with Gasteiger partial charge in [0.25, 0.3) is 0 Å². The maximum atomic E-state index is 2.56. The van der Waals surface area contributed by atoms with Gasteiger partial charge in [-0.15, -0.1) is 0 Å². The van der Waals surface area contributed by atoms with Gasteiger partial charge in [-0.25, -0.2) is 0 Å². The first-order valence-electron chi connectivity index (χ1n) is 7.21. The van der Waals surface area contributed by atoms with E-state index in [-0.39, 0.29) is 0 Å². The van der Waals surface area contributed by atoms with E-state index in [1.54, 1.807) is 19.3 Å². The molecule has 16 heavy (non-hydrogen) atoms. The molecule has 0 spiro atoms. The summed E-state index contributed by atoms with van der Waals surface area (Å²) in [5.74, 6) is 2.31. The van der Waals surface area contributed by atoms with E-state index < -0.39 is 8.07 Å². The molecule has 4 unspecified atom stereocenters. The van der Waals surface area contributed by atoms with Crippen molar-refractivity contribution in [2.45, 2.75) is 82.0 Å². The van der Waals surface area contributed by atoms with Crippen molar-refractivity contribution in [2.24, 2.45) is 11.8 Å². The van der Waals surface area contributed by atoms with Crippen molar-refractivity contribution in [3.8, 4) is 0 Å². The largest absolute Gasteiger partial charge is 0.0711 e. The van der Waals surface area contributed by atoms with Crippen molar-refractivity contribution < 1.29 is 0 Å². The van der Waals surface area contributed by atoms with E-state index in [2.05, 4.69) is 41.5 Å². The zero-order chi connectivity index (χ0) is 11.9. The summed E-state index contributed by atoms with van der Waals surface area (Å²) in [6.07, 6.45) is 4.76. The van der Waals surface area contributed by atoms with Crippen LogP contribution in [0.5, 0.6) is 0 Å². The van der Waals surface area contributed by atoms with Crippen LogP contribution in [0.25, 0.3) is 0 Å². The van der Waals surface area contributed by atoms with Crippen LogP contribution in [0.2, 0.25) is 21.2 Å². The molecule has 0 aromatic heterocycles. The molecule has 0 aromatic carbocycles. The standard InChI is InChI=1S/C15H28Si/c1-14(2,3)16(15(4,5)6)12-10-7-8-11(9-10)13(12)16/h10-13H,7-9H2,1-6H3. The Bertz CT molecular complexity index is 285. The molecule has 2 bridgehead atoms. The first-order chi connectivity index (χ1) is 7.21. The quantitative estimate of drug-likeness (QED) is 0.506. The summed E-state index contributed by atoms with van der Waals surface area (Å²) in [5.41, 5.74) is 2.43. The number of rotatable bonds is 0. The minimum atomic E-state index is -1.07. The average Bonchev–Trinajstić information content (AvgIpc) is 2.49. The van der Waals surface area contributed by atoms with Crippen molar-refractivity contribution in [3.05, 3.63) is 0 Å². The highest BCUT2D eigenvalue weighted by atomic mass is 28.3. The lowest BCUT2D eigenvalue weighted by molar-refractivity contribution is 0.536. The topological polar surface area (TPSA) is 0 Å². The summed E-state index contributed by atoms with van der Waals surface area (Å²) >= 11 is 0. The van der Waals surface area contributed by atoms with Gasteiger partial charge in [-0.05, 0) is 39.4 Å². The molecule has 1 aliphatic heterocycles. The van der Waals surface area contributed by atoms with Gasteiger partial charge in [-0.3, -0.25) is 0 Å². The number of fused-ring (bicyclic) bond motifs is 5. The lowest BCUT2D eigenvalue weighted by Crippen LogP contribution is -2.42. The maximum Gasteiger partial charge on any atom is 0.0711 e. The first kappa shape index (κ1) is 11.3. The molecule has 3 aliphatic rings. The summed E-state index contributed by atoms with van der Waals surface area (Å²) < 4.78 is 0. The third-order valence-electron chi connectivity index (χ3n) is 6.34. The molecule has 3 fully saturated rings. The van der Waals surface area contributed by atoms with E-state index in [0.29, 0.717) is 10.1 Å². The molecule has 0 amide bonds. The van der Waals surface area contributed by atoms with Gasteiger partial charge in [-0.2, -0.15) is 0 Å². The minimum absolute atomic E-state index is 0.627. The van der Waals surface area contributed by atoms with Crippen molar-refractivity contribution >= 4 is 8.07 Å². The Hall–Kier alpha value is 0.217. The van der Waals surface area contributed by atoms with Gasteiger partial charge in [0.1, 0.15) is 0 Å². The molecular formula is C15H28Si. The van der Waals surface area contributed by atoms with Crippen molar-refractivity contribution in [1.82, 2.24) is 0 Å². The Morgan fingerprint density at radius 3 is 1.44 bits per heavy atom. The van der Waals surface area contributed by atoms with Crippen LogP contribution in [-0.2, 0) is 0 Å². The molecule has 2 aliphatic carbocycles. The van der Waals surface area contributed by atoms with Gasteiger partial charge in [0, 0.05) is 0 Å². The molecular weight excluding hydrogens is 208 g/mol. The van der Waals surface area contributed by atoms with Gasteiger partial charge in [0.05, 0.1) is 8.07 Å². The minimum Gasteiger partial charge on any atom is -0.0625 e. The first-order valence-corrected chi connectivity index (χ1v) is 9.37. The highest BCUT2D eigenvalue weighted by Crippen LogP contribution is 2.88. The van der Waals surface area contributed by atoms with Crippen LogP contribution in [0.1, 0.15) is 60.8 Å². The third kappa shape index (κ3) is 1.03. The fourth-order valence-electron chi connectivity index (χ4n) is 6.60. The molecule has 4 atom stereocenters. The van der Waals surface area contributed by atoms with Crippen LogP contribution < -0.4 is 0 Å². The molecule has 2 saturated carbocycles. The third-order valence-corrected chi connectivity index (χ3v) is 14.7. The summed E-state index contributed by atoms with van der Waals surface area (Å²) in [6, 6.07) is 0. The Morgan fingerprint density at radius 1 is 0.750 bits per heavy atom. The Kier molecular flexibility index (Phi) is 1.97.